The van der Waals surface area contributed by atoms with Gasteiger partial charge in [-0.15, -0.1) is 0 Å². The molecule has 1 heterocycles. The van der Waals surface area contributed by atoms with E-state index in [0.717, 1.165) is 16.9 Å². The van der Waals surface area contributed by atoms with E-state index in [0.29, 0.717) is 5.11 Å². The molecule has 1 atom stereocenters. The number of hydrogen-bond acceptors (Lipinski definition) is 2. The van der Waals surface area contributed by atoms with Gasteiger partial charge in [0.2, 0.25) is 0 Å². The molecule has 3 rings (SSSR count). The fourth-order valence-electron chi connectivity index (χ4n) is 2.72. The molecular formula is C21H21N3S. The molecule has 0 aliphatic carbocycles. The van der Waals surface area contributed by atoms with Crippen LogP contribution in [0.4, 0.5) is 5.82 Å². The largest absolute Gasteiger partial charge is 0.351 e. The first-order valence-corrected chi connectivity index (χ1v) is 8.65. The van der Waals surface area contributed by atoms with Gasteiger partial charge in [0, 0.05) is 6.20 Å². The van der Waals surface area contributed by atoms with Gasteiger partial charge in [-0.05, 0) is 54.4 Å². The van der Waals surface area contributed by atoms with Crippen LogP contribution in [-0.2, 0) is 0 Å². The summed E-state index contributed by atoms with van der Waals surface area (Å²) in [6, 6.07) is 22.6. The van der Waals surface area contributed by atoms with Gasteiger partial charge in [0.05, 0.1) is 6.04 Å². The topological polar surface area (TPSA) is 37.0 Å². The number of pyridine rings is 1. The van der Waals surface area contributed by atoms with Crippen molar-refractivity contribution in [3.8, 4) is 0 Å². The van der Waals surface area contributed by atoms with E-state index in [9.17, 15) is 0 Å². The van der Waals surface area contributed by atoms with E-state index in [1.54, 1.807) is 0 Å². The highest BCUT2D eigenvalue weighted by Gasteiger charge is 2.17. The molecule has 25 heavy (non-hydrogen) atoms. The fourth-order valence-corrected chi connectivity index (χ4v) is 2.94. The number of anilines is 1. The summed E-state index contributed by atoms with van der Waals surface area (Å²) >= 11 is 5.53. The number of rotatable bonds is 4. The Morgan fingerprint density at radius 1 is 0.920 bits per heavy atom. The molecule has 0 aliphatic rings. The van der Waals surface area contributed by atoms with Crippen LogP contribution in [0.3, 0.4) is 0 Å². The van der Waals surface area contributed by atoms with E-state index >= 15 is 0 Å². The van der Waals surface area contributed by atoms with Crippen molar-refractivity contribution in [1.29, 1.82) is 0 Å². The molecule has 0 saturated heterocycles. The highest BCUT2D eigenvalue weighted by molar-refractivity contribution is 7.80. The van der Waals surface area contributed by atoms with Crippen molar-refractivity contribution in [2.75, 3.05) is 5.32 Å². The summed E-state index contributed by atoms with van der Waals surface area (Å²) in [5, 5.41) is 7.15. The van der Waals surface area contributed by atoms with Gasteiger partial charge in [-0.1, -0.05) is 60.7 Å². The third kappa shape index (κ3) is 4.43. The molecule has 0 bridgehead atoms. The van der Waals surface area contributed by atoms with Crippen molar-refractivity contribution < 1.29 is 0 Å². The smallest absolute Gasteiger partial charge is 0.172 e. The Hall–Kier alpha value is -2.72. The molecule has 0 amide bonds. The Bertz CT molecular complexity index is 845. The Morgan fingerprint density at radius 3 is 2.32 bits per heavy atom. The summed E-state index contributed by atoms with van der Waals surface area (Å²) in [6.45, 7) is 4.13. The second-order valence-corrected chi connectivity index (χ2v) is 6.43. The SMILES string of the molecule is Cc1ccc(NC(=S)NC(c2ccccc2)c2ccccc2C)nc1. The minimum Gasteiger partial charge on any atom is -0.351 e. The number of nitrogens with zero attached hydrogens (tertiary/aromatic N) is 1. The summed E-state index contributed by atoms with van der Waals surface area (Å²) in [4.78, 5) is 4.35. The van der Waals surface area contributed by atoms with Gasteiger partial charge in [0.1, 0.15) is 5.82 Å². The summed E-state index contributed by atoms with van der Waals surface area (Å²) in [6.07, 6.45) is 1.82. The maximum atomic E-state index is 5.53. The maximum Gasteiger partial charge on any atom is 0.172 e. The van der Waals surface area contributed by atoms with E-state index in [1.807, 2.05) is 49.5 Å². The molecule has 0 aliphatic heterocycles. The Morgan fingerprint density at radius 2 is 1.64 bits per heavy atom. The monoisotopic (exact) mass is 347 g/mol. The van der Waals surface area contributed by atoms with Gasteiger partial charge >= 0.3 is 0 Å². The number of hydrogen-bond donors (Lipinski definition) is 2. The average Bonchev–Trinajstić information content (AvgIpc) is 2.63. The first-order chi connectivity index (χ1) is 12.1. The van der Waals surface area contributed by atoms with Crippen molar-refractivity contribution in [2.45, 2.75) is 19.9 Å². The Labute approximate surface area is 154 Å². The van der Waals surface area contributed by atoms with Crippen molar-refractivity contribution in [1.82, 2.24) is 10.3 Å². The van der Waals surface area contributed by atoms with Crippen LogP contribution in [0, 0.1) is 13.8 Å². The number of thiocarbonyl (C=S) groups is 1. The lowest BCUT2D eigenvalue weighted by Crippen LogP contribution is -2.33. The molecule has 1 unspecified atom stereocenters. The van der Waals surface area contributed by atoms with E-state index < -0.39 is 0 Å². The van der Waals surface area contributed by atoms with Gasteiger partial charge < -0.3 is 10.6 Å². The molecule has 0 saturated carbocycles. The molecule has 3 aromatic rings. The summed E-state index contributed by atoms with van der Waals surface area (Å²) in [5.74, 6) is 0.736. The predicted octanol–water partition coefficient (Wildman–Crippen LogP) is 4.77. The molecule has 2 N–H and O–H groups in total. The van der Waals surface area contributed by atoms with E-state index in [4.69, 9.17) is 12.2 Å². The quantitative estimate of drug-likeness (QED) is 0.666. The third-order valence-electron chi connectivity index (χ3n) is 4.06. The fraction of sp³-hybridized carbons (Fsp3) is 0.143. The molecule has 0 fully saturated rings. The number of nitrogens with one attached hydrogen (secondary N) is 2. The lowest BCUT2D eigenvalue weighted by Gasteiger charge is -2.23. The molecule has 126 valence electrons. The van der Waals surface area contributed by atoms with E-state index in [2.05, 4.69) is 52.9 Å². The number of benzene rings is 2. The number of aromatic nitrogens is 1. The summed E-state index contributed by atoms with van der Waals surface area (Å²) in [7, 11) is 0. The highest BCUT2D eigenvalue weighted by atomic mass is 32.1. The van der Waals surface area contributed by atoms with Gasteiger partial charge in [-0.3, -0.25) is 0 Å². The van der Waals surface area contributed by atoms with E-state index in [1.165, 1.54) is 11.1 Å². The minimum atomic E-state index is -0.0205. The van der Waals surface area contributed by atoms with Crippen molar-refractivity contribution in [2.24, 2.45) is 0 Å². The first kappa shape index (κ1) is 17.1. The normalized spacial score (nSPS) is 11.6. The molecular weight excluding hydrogens is 326 g/mol. The highest BCUT2D eigenvalue weighted by Crippen LogP contribution is 2.25. The van der Waals surface area contributed by atoms with Crippen LogP contribution in [0.1, 0.15) is 28.3 Å². The standard InChI is InChI=1S/C21H21N3S/c1-15-12-13-19(22-14-15)23-21(25)24-20(17-9-4-3-5-10-17)18-11-7-6-8-16(18)2/h3-14,20H,1-2H3,(H2,22,23,24,25). The third-order valence-corrected chi connectivity index (χ3v) is 4.28. The van der Waals surface area contributed by atoms with Crippen LogP contribution in [0.2, 0.25) is 0 Å². The van der Waals surface area contributed by atoms with Crippen molar-refractivity contribution in [3.63, 3.8) is 0 Å². The Balaban J connectivity index is 1.84. The van der Waals surface area contributed by atoms with Gasteiger partial charge in [-0.2, -0.15) is 0 Å². The molecule has 0 radical (unpaired) electrons. The zero-order valence-electron chi connectivity index (χ0n) is 14.4. The second kappa shape index (κ2) is 7.90. The first-order valence-electron chi connectivity index (χ1n) is 8.24. The van der Waals surface area contributed by atoms with Crippen LogP contribution >= 0.6 is 12.2 Å². The zero-order chi connectivity index (χ0) is 17.6. The number of aryl methyl sites for hydroxylation is 2. The van der Waals surface area contributed by atoms with Crippen LogP contribution in [-0.4, -0.2) is 10.1 Å². The zero-order valence-corrected chi connectivity index (χ0v) is 15.2. The molecule has 1 aromatic heterocycles. The summed E-state index contributed by atoms with van der Waals surface area (Å²) < 4.78 is 0. The van der Waals surface area contributed by atoms with Crippen LogP contribution in [0.5, 0.6) is 0 Å². The van der Waals surface area contributed by atoms with Gasteiger partial charge in [-0.25, -0.2) is 4.98 Å². The molecule has 2 aromatic carbocycles. The predicted molar refractivity (Wildman–Crippen MR) is 108 cm³/mol. The van der Waals surface area contributed by atoms with Gasteiger partial charge in [0.25, 0.3) is 0 Å². The minimum absolute atomic E-state index is 0.0205. The molecule has 0 spiro atoms. The Kier molecular flexibility index (Phi) is 5.41. The second-order valence-electron chi connectivity index (χ2n) is 6.02. The molecule has 3 nitrogen and oxygen atoms in total. The van der Waals surface area contributed by atoms with Crippen LogP contribution < -0.4 is 10.6 Å². The lowest BCUT2D eigenvalue weighted by atomic mass is 9.95. The van der Waals surface area contributed by atoms with Crippen LogP contribution in [0.15, 0.2) is 72.9 Å². The van der Waals surface area contributed by atoms with Gasteiger partial charge in [0.15, 0.2) is 5.11 Å². The average molecular weight is 347 g/mol. The van der Waals surface area contributed by atoms with Crippen molar-refractivity contribution >= 4 is 23.1 Å². The summed E-state index contributed by atoms with van der Waals surface area (Å²) in [5.41, 5.74) is 4.71. The lowest BCUT2D eigenvalue weighted by molar-refractivity contribution is 0.762. The van der Waals surface area contributed by atoms with Crippen LogP contribution in [0.25, 0.3) is 0 Å². The maximum absolute atomic E-state index is 5.53. The molecule has 4 heteroatoms. The van der Waals surface area contributed by atoms with Crippen molar-refractivity contribution in [3.05, 3.63) is 95.2 Å². The van der Waals surface area contributed by atoms with E-state index in [-0.39, 0.29) is 6.04 Å².